The van der Waals surface area contributed by atoms with Crippen molar-refractivity contribution in [1.29, 1.82) is 5.26 Å². The number of amides is 1. The second-order valence-electron chi connectivity index (χ2n) is 5.23. The molecule has 0 aliphatic heterocycles. The van der Waals surface area contributed by atoms with Crippen LogP contribution in [0.3, 0.4) is 0 Å². The fourth-order valence-electron chi connectivity index (χ4n) is 2.26. The van der Waals surface area contributed by atoms with E-state index in [4.69, 9.17) is 4.74 Å². The van der Waals surface area contributed by atoms with Crippen molar-refractivity contribution >= 4 is 28.2 Å². The number of nitrogens with zero attached hydrogens (tertiary/aromatic N) is 3. The van der Waals surface area contributed by atoms with Crippen LogP contribution in [-0.4, -0.2) is 28.3 Å². The van der Waals surface area contributed by atoms with Crippen LogP contribution in [0.1, 0.15) is 39.1 Å². The molecule has 0 aliphatic carbocycles. The van der Waals surface area contributed by atoms with Gasteiger partial charge in [-0.25, -0.2) is 4.79 Å². The summed E-state index contributed by atoms with van der Waals surface area (Å²) in [7, 11) is 0. The van der Waals surface area contributed by atoms with Crippen molar-refractivity contribution in [2.24, 2.45) is 0 Å². The topological polar surface area (TPSA) is 97.0 Å². The van der Waals surface area contributed by atoms with Gasteiger partial charge in [0.1, 0.15) is 22.5 Å². The molecule has 0 aliphatic rings. The Bertz CT molecular complexity index is 829. The number of carbonyl (C=O) groups excluding carboxylic acids is 2. The lowest BCUT2D eigenvalue weighted by Crippen LogP contribution is -2.20. The summed E-state index contributed by atoms with van der Waals surface area (Å²) in [5.74, 6) is -0.801. The van der Waals surface area contributed by atoms with Gasteiger partial charge in [0.2, 0.25) is 5.91 Å². The Labute approximate surface area is 143 Å². The quantitative estimate of drug-likeness (QED) is 0.839. The van der Waals surface area contributed by atoms with E-state index >= 15 is 0 Å². The number of nitriles is 1. The van der Waals surface area contributed by atoms with Crippen LogP contribution in [0.25, 0.3) is 0 Å². The number of rotatable bonds is 5. The fraction of sp³-hybridized carbons (Fsp3) is 0.375. The molecule has 0 fully saturated rings. The third-order valence-electron chi connectivity index (χ3n) is 3.37. The first-order valence-electron chi connectivity index (χ1n) is 7.38. The zero-order valence-corrected chi connectivity index (χ0v) is 14.8. The highest BCUT2D eigenvalue weighted by Gasteiger charge is 2.22. The molecular weight excluding hydrogens is 328 g/mol. The van der Waals surface area contributed by atoms with Crippen LogP contribution in [-0.2, 0) is 16.1 Å². The molecule has 0 radical (unpaired) electrons. The number of anilines is 1. The van der Waals surface area contributed by atoms with E-state index in [1.165, 1.54) is 0 Å². The molecule has 0 saturated heterocycles. The number of hydrogen-bond acceptors (Lipinski definition) is 6. The van der Waals surface area contributed by atoms with Gasteiger partial charge in [-0.1, -0.05) is 0 Å². The predicted molar refractivity (Wildman–Crippen MR) is 90.1 cm³/mol. The standard InChI is InChI=1S/C16H18N4O3S/c1-5-23-16(22)14-11(4)12(7-17)15(24-14)18-13(21)8-20-10(3)6-9(2)19-20/h6H,5,8H2,1-4H3,(H,18,21). The molecule has 2 aromatic rings. The zero-order valence-electron chi connectivity index (χ0n) is 14.0. The van der Waals surface area contributed by atoms with Gasteiger partial charge >= 0.3 is 5.97 Å². The fourth-order valence-corrected chi connectivity index (χ4v) is 3.33. The highest BCUT2D eigenvalue weighted by atomic mass is 32.1. The van der Waals surface area contributed by atoms with Crippen molar-refractivity contribution < 1.29 is 14.3 Å². The maximum Gasteiger partial charge on any atom is 0.348 e. The second-order valence-corrected chi connectivity index (χ2v) is 6.25. The average Bonchev–Trinajstić information content (AvgIpc) is 2.98. The first-order chi connectivity index (χ1) is 11.4. The summed E-state index contributed by atoms with van der Waals surface area (Å²) < 4.78 is 6.56. The number of hydrogen-bond donors (Lipinski definition) is 1. The van der Waals surface area contributed by atoms with Crippen molar-refractivity contribution in [3.05, 3.63) is 33.5 Å². The Hall–Kier alpha value is -2.66. The van der Waals surface area contributed by atoms with Gasteiger partial charge in [0.05, 0.1) is 17.9 Å². The molecule has 0 atom stereocenters. The number of aromatic nitrogens is 2. The predicted octanol–water partition coefficient (Wildman–Crippen LogP) is 2.56. The lowest BCUT2D eigenvalue weighted by atomic mass is 10.2. The summed E-state index contributed by atoms with van der Waals surface area (Å²) in [4.78, 5) is 24.5. The van der Waals surface area contributed by atoms with Gasteiger partial charge in [-0.2, -0.15) is 10.4 Å². The Morgan fingerprint density at radius 3 is 2.67 bits per heavy atom. The van der Waals surface area contributed by atoms with Crippen molar-refractivity contribution in [2.75, 3.05) is 11.9 Å². The van der Waals surface area contributed by atoms with Crippen molar-refractivity contribution in [1.82, 2.24) is 9.78 Å². The summed E-state index contributed by atoms with van der Waals surface area (Å²) in [5, 5.41) is 16.6. The minimum Gasteiger partial charge on any atom is -0.462 e. The van der Waals surface area contributed by atoms with Crippen LogP contribution in [0, 0.1) is 32.1 Å². The summed E-state index contributed by atoms with van der Waals surface area (Å²) in [6, 6.07) is 3.91. The van der Waals surface area contributed by atoms with Gasteiger partial charge in [-0.15, -0.1) is 11.3 Å². The van der Waals surface area contributed by atoms with Gasteiger partial charge in [-0.3, -0.25) is 9.48 Å². The average molecular weight is 346 g/mol. The van der Waals surface area contributed by atoms with Crippen LogP contribution in [0.2, 0.25) is 0 Å². The van der Waals surface area contributed by atoms with E-state index in [2.05, 4.69) is 10.4 Å². The minimum atomic E-state index is -0.490. The second kappa shape index (κ2) is 7.27. The molecule has 0 bridgehead atoms. The van der Waals surface area contributed by atoms with Gasteiger partial charge in [-0.05, 0) is 39.3 Å². The lowest BCUT2D eigenvalue weighted by molar-refractivity contribution is -0.116. The molecule has 0 spiro atoms. The van der Waals surface area contributed by atoms with Gasteiger partial charge in [0.25, 0.3) is 0 Å². The zero-order chi connectivity index (χ0) is 17.9. The number of thiophene rings is 1. The van der Waals surface area contributed by atoms with Crippen molar-refractivity contribution in [2.45, 2.75) is 34.2 Å². The van der Waals surface area contributed by atoms with Gasteiger partial charge < -0.3 is 10.1 Å². The van der Waals surface area contributed by atoms with Gasteiger partial charge in [0.15, 0.2) is 0 Å². The highest BCUT2D eigenvalue weighted by Crippen LogP contribution is 2.33. The van der Waals surface area contributed by atoms with E-state index in [1.807, 2.05) is 26.0 Å². The third kappa shape index (κ3) is 3.63. The van der Waals surface area contributed by atoms with Crippen LogP contribution < -0.4 is 5.32 Å². The van der Waals surface area contributed by atoms with E-state index in [-0.39, 0.29) is 24.6 Å². The minimum absolute atomic E-state index is 0.0379. The van der Waals surface area contributed by atoms with Crippen LogP contribution in [0.15, 0.2) is 6.07 Å². The summed E-state index contributed by atoms with van der Waals surface area (Å²) in [5.41, 5.74) is 2.50. The molecule has 7 nitrogen and oxygen atoms in total. The SMILES string of the molecule is CCOC(=O)c1sc(NC(=O)Cn2nc(C)cc2C)c(C#N)c1C. The Morgan fingerprint density at radius 2 is 2.12 bits per heavy atom. The number of aryl methyl sites for hydroxylation is 2. The molecule has 0 unspecified atom stereocenters. The number of nitrogens with one attached hydrogen (secondary N) is 1. The largest absolute Gasteiger partial charge is 0.462 e. The smallest absolute Gasteiger partial charge is 0.348 e. The van der Waals surface area contributed by atoms with Crippen molar-refractivity contribution in [3.63, 3.8) is 0 Å². The van der Waals surface area contributed by atoms with Crippen LogP contribution >= 0.6 is 11.3 Å². The highest BCUT2D eigenvalue weighted by molar-refractivity contribution is 7.18. The van der Waals surface area contributed by atoms with E-state index in [0.717, 1.165) is 22.7 Å². The van der Waals surface area contributed by atoms with Crippen LogP contribution in [0.4, 0.5) is 5.00 Å². The number of ether oxygens (including phenoxy) is 1. The molecule has 1 amide bonds. The molecule has 2 rings (SSSR count). The number of esters is 1. The summed E-state index contributed by atoms with van der Waals surface area (Å²) in [6.45, 7) is 7.38. The molecule has 2 heterocycles. The first kappa shape index (κ1) is 17.7. The molecular formula is C16H18N4O3S. The van der Waals surface area contributed by atoms with E-state index in [1.54, 1.807) is 18.5 Å². The van der Waals surface area contributed by atoms with E-state index in [0.29, 0.717) is 15.4 Å². The molecule has 8 heteroatoms. The summed E-state index contributed by atoms with van der Waals surface area (Å²) in [6.07, 6.45) is 0. The normalized spacial score (nSPS) is 10.3. The van der Waals surface area contributed by atoms with Gasteiger partial charge in [0, 0.05) is 5.69 Å². The molecule has 24 heavy (non-hydrogen) atoms. The first-order valence-corrected chi connectivity index (χ1v) is 8.20. The Kier molecular flexibility index (Phi) is 5.36. The van der Waals surface area contributed by atoms with Crippen molar-refractivity contribution in [3.8, 4) is 6.07 Å². The summed E-state index contributed by atoms with van der Waals surface area (Å²) >= 11 is 1.05. The lowest BCUT2D eigenvalue weighted by Gasteiger charge is -2.05. The maximum absolute atomic E-state index is 12.2. The number of carbonyl (C=O) groups is 2. The third-order valence-corrected chi connectivity index (χ3v) is 4.56. The molecule has 0 aromatic carbocycles. The molecule has 2 aromatic heterocycles. The van der Waals surface area contributed by atoms with E-state index in [9.17, 15) is 14.9 Å². The molecule has 0 saturated carbocycles. The monoisotopic (exact) mass is 346 g/mol. The Morgan fingerprint density at radius 1 is 1.42 bits per heavy atom. The van der Waals surface area contributed by atoms with Crippen LogP contribution in [0.5, 0.6) is 0 Å². The molecule has 1 N–H and O–H groups in total. The maximum atomic E-state index is 12.2. The van der Waals surface area contributed by atoms with E-state index < -0.39 is 5.97 Å². The Balaban J connectivity index is 2.21. The molecule has 126 valence electrons.